The van der Waals surface area contributed by atoms with Crippen LogP contribution in [0.5, 0.6) is 0 Å². The maximum absolute atomic E-state index is 12.8. The molecule has 8 nitrogen and oxygen atoms in total. The number of piperazine rings is 2. The van der Waals surface area contributed by atoms with E-state index >= 15 is 0 Å². The number of hydrogen-bond donors (Lipinski definition) is 1. The summed E-state index contributed by atoms with van der Waals surface area (Å²) in [4.78, 5) is 24.1. The average Bonchev–Trinajstić information content (AvgIpc) is 3.73. The van der Waals surface area contributed by atoms with E-state index < -0.39 is 0 Å². The summed E-state index contributed by atoms with van der Waals surface area (Å²) in [6.07, 6.45) is 6.97. The largest absolute Gasteiger partial charge is 0.381 e. The van der Waals surface area contributed by atoms with Gasteiger partial charge in [-0.15, -0.1) is 0 Å². The molecule has 0 unspecified atom stereocenters. The summed E-state index contributed by atoms with van der Waals surface area (Å²) in [5.41, 5.74) is 0.220. The molecule has 0 spiro atoms. The monoisotopic (exact) mass is 662 g/mol. The SMILES string of the molecule is CC(C)(CCC(C)(C)N1C[C@@H]2C[C@H]1CN2C(C)(C)C(C)(C)N1C[C@H]2C[C@@H]1CN2C(C)(C)C)NC(=O)CCOCCCCOC(C)(C)C. The molecule has 0 aromatic heterocycles. The van der Waals surface area contributed by atoms with Gasteiger partial charge in [-0.05, 0) is 135 Å². The highest BCUT2D eigenvalue weighted by atomic mass is 16.5. The molecule has 0 aromatic carbocycles. The zero-order valence-electron chi connectivity index (χ0n) is 33.2. The first-order chi connectivity index (χ1) is 21.4. The number of hydrogen-bond acceptors (Lipinski definition) is 7. The highest BCUT2D eigenvalue weighted by Crippen LogP contribution is 2.48. The first-order valence-corrected chi connectivity index (χ1v) is 19.0. The van der Waals surface area contributed by atoms with E-state index in [0.29, 0.717) is 43.8 Å². The average molecular weight is 662 g/mol. The third-order valence-electron chi connectivity index (χ3n) is 12.6. The molecule has 0 aliphatic carbocycles. The number of rotatable bonds is 16. The second kappa shape index (κ2) is 14.1. The number of unbranched alkanes of at least 4 members (excludes halogenated alkanes) is 1. The Morgan fingerprint density at radius 3 is 1.55 bits per heavy atom. The highest BCUT2D eigenvalue weighted by molar-refractivity contribution is 5.76. The third kappa shape index (κ3) is 9.13. The number of nitrogens with zero attached hydrogens (tertiary/aromatic N) is 4. The second-order valence-electron chi connectivity index (χ2n) is 19.8. The summed E-state index contributed by atoms with van der Waals surface area (Å²) in [6, 6.07) is 2.58. The van der Waals surface area contributed by atoms with Gasteiger partial charge in [0.2, 0.25) is 5.91 Å². The Labute approximate surface area is 290 Å². The fourth-order valence-electron chi connectivity index (χ4n) is 9.18. The lowest BCUT2D eigenvalue weighted by Gasteiger charge is -2.58. The maximum Gasteiger partial charge on any atom is 0.222 e. The molecule has 274 valence electrons. The van der Waals surface area contributed by atoms with Crippen molar-refractivity contribution in [3.05, 3.63) is 0 Å². The summed E-state index contributed by atoms with van der Waals surface area (Å²) in [5, 5.41) is 3.30. The standard InChI is InChI=1S/C39H75N5O3/c1-34(2,3)41-25-31-23-29(41)27-43(31)38(11,12)39(13,14)44-28-30-24-32(44)26-42(30)37(9,10)19-18-36(7,8)40-33(45)17-22-46-20-15-16-21-47-35(4,5)6/h29-32H,15-28H2,1-14H3,(H,40,45)/t29-,30+,31-,32+/m1/s1. The summed E-state index contributed by atoms with van der Waals surface area (Å²) in [7, 11) is 0. The number of fused-ring (bicyclic) bond motifs is 4. The molecule has 4 saturated heterocycles. The summed E-state index contributed by atoms with van der Waals surface area (Å²) >= 11 is 0. The molecule has 0 radical (unpaired) electrons. The van der Waals surface area contributed by atoms with Crippen LogP contribution in [0.1, 0.15) is 142 Å². The molecule has 0 aromatic rings. The van der Waals surface area contributed by atoms with E-state index in [-0.39, 0.29) is 39.2 Å². The number of likely N-dealkylation sites (tertiary alicyclic amines) is 4. The predicted octanol–water partition coefficient (Wildman–Crippen LogP) is 6.31. The van der Waals surface area contributed by atoms with Crippen LogP contribution in [-0.2, 0) is 14.3 Å². The molecule has 4 rings (SSSR count). The molecule has 47 heavy (non-hydrogen) atoms. The molecule has 4 atom stereocenters. The van der Waals surface area contributed by atoms with Gasteiger partial charge in [-0.1, -0.05) is 0 Å². The Hall–Kier alpha value is -0.770. The number of carbonyl (C=O) groups excluding carboxylic acids is 1. The maximum atomic E-state index is 12.8. The number of carbonyl (C=O) groups is 1. The molecule has 8 heteroatoms. The van der Waals surface area contributed by atoms with E-state index in [1.54, 1.807) is 0 Å². The van der Waals surface area contributed by atoms with Crippen molar-refractivity contribution in [2.45, 2.75) is 199 Å². The van der Waals surface area contributed by atoms with E-state index in [2.05, 4.69) is 122 Å². The normalized spacial score (nSPS) is 27.0. The van der Waals surface area contributed by atoms with Crippen LogP contribution in [0.25, 0.3) is 0 Å². The lowest BCUT2D eigenvalue weighted by atomic mass is 9.78. The van der Waals surface area contributed by atoms with Crippen LogP contribution in [0.15, 0.2) is 0 Å². The molecular weight excluding hydrogens is 586 g/mol. The Morgan fingerprint density at radius 2 is 1.09 bits per heavy atom. The first kappa shape index (κ1) is 39.0. The molecule has 1 N–H and O–H groups in total. The quantitative estimate of drug-likeness (QED) is 0.195. The van der Waals surface area contributed by atoms with Crippen LogP contribution in [0.4, 0.5) is 0 Å². The molecule has 1 amide bonds. The van der Waals surface area contributed by atoms with Crippen LogP contribution in [-0.4, -0.2) is 129 Å². The Balaban J connectivity index is 1.20. The minimum Gasteiger partial charge on any atom is -0.381 e. The van der Waals surface area contributed by atoms with Crippen LogP contribution in [0.3, 0.4) is 0 Å². The molecule has 4 bridgehead atoms. The van der Waals surface area contributed by atoms with Gasteiger partial charge in [-0.3, -0.25) is 24.4 Å². The van der Waals surface area contributed by atoms with Crippen molar-refractivity contribution in [1.29, 1.82) is 0 Å². The van der Waals surface area contributed by atoms with Crippen molar-refractivity contribution < 1.29 is 14.3 Å². The van der Waals surface area contributed by atoms with Gasteiger partial charge in [0.15, 0.2) is 0 Å². The van der Waals surface area contributed by atoms with Gasteiger partial charge in [0, 0.05) is 97.7 Å². The Morgan fingerprint density at radius 1 is 0.617 bits per heavy atom. The summed E-state index contributed by atoms with van der Waals surface area (Å²) < 4.78 is 11.5. The fourth-order valence-corrected chi connectivity index (χ4v) is 9.18. The van der Waals surface area contributed by atoms with Crippen LogP contribution < -0.4 is 5.32 Å². The summed E-state index contributed by atoms with van der Waals surface area (Å²) in [6.45, 7) is 39.3. The zero-order chi connectivity index (χ0) is 35.2. The van der Waals surface area contributed by atoms with Gasteiger partial charge in [0.25, 0.3) is 0 Å². The lowest BCUT2D eigenvalue weighted by molar-refractivity contribution is -0.124. The van der Waals surface area contributed by atoms with Crippen molar-refractivity contribution in [2.24, 2.45) is 0 Å². The predicted molar refractivity (Wildman–Crippen MR) is 195 cm³/mol. The molecule has 0 saturated carbocycles. The smallest absolute Gasteiger partial charge is 0.222 e. The van der Waals surface area contributed by atoms with Gasteiger partial charge >= 0.3 is 0 Å². The molecule has 4 fully saturated rings. The summed E-state index contributed by atoms with van der Waals surface area (Å²) in [5.74, 6) is 0.0851. The van der Waals surface area contributed by atoms with Crippen molar-refractivity contribution in [3.8, 4) is 0 Å². The van der Waals surface area contributed by atoms with Gasteiger partial charge in [-0.25, -0.2) is 0 Å². The number of ether oxygens (including phenoxy) is 2. The lowest BCUT2D eigenvalue weighted by Crippen LogP contribution is -2.71. The van der Waals surface area contributed by atoms with Gasteiger partial charge in [0.05, 0.1) is 12.2 Å². The van der Waals surface area contributed by atoms with Crippen molar-refractivity contribution in [2.75, 3.05) is 46.0 Å². The Bertz CT molecular complexity index is 1060. The van der Waals surface area contributed by atoms with Crippen LogP contribution in [0.2, 0.25) is 0 Å². The second-order valence-corrected chi connectivity index (χ2v) is 19.8. The highest BCUT2D eigenvalue weighted by Gasteiger charge is 2.59. The van der Waals surface area contributed by atoms with Gasteiger partial charge in [-0.2, -0.15) is 0 Å². The minimum absolute atomic E-state index is 0.0851. The third-order valence-corrected chi connectivity index (χ3v) is 12.6. The minimum atomic E-state index is -0.243. The first-order valence-electron chi connectivity index (χ1n) is 19.0. The number of amides is 1. The van der Waals surface area contributed by atoms with Crippen LogP contribution >= 0.6 is 0 Å². The van der Waals surface area contributed by atoms with Crippen LogP contribution in [0, 0.1) is 0 Å². The van der Waals surface area contributed by atoms with Crippen molar-refractivity contribution >= 4 is 5.91 Å². The zero-order valence-corrected chi connectivity index (χ0v) is 33.2. The van der Waals surface area contributed by atoms with Crippen molar-refractivity contribution in [1.82, 2.24) is 24.9 Å². The van der Waals surface area contributed by atoms with E-state index in [1.807, 2.05) is 0 Å². The molecule has 4 aliphatic rings. The number of nitrogens with one attached hydrogen (secondary N) is 1. The molecule has 4 aliphatic heterocycles. The van der Waals surface area contributed by atoms with Crippen molar-refractivity contribution in [3.63, 3.8) is 0 Å². The van der Waals surface area contributed by atoms with E-state index in [9.17, 15) is 4.79 Å². The topological polar surface area (TPSA) is 60.5 Å². The molecule has 4 heterocycles. The van der Waals surface area contributed by atoms with Gasteiger partial charge < -0.3 is 14.8 Å². The van der Waals surface area contributed by atoms with E-state index in [1.165, 1.54) is 25.9 Å². The van der Waals surface area contributed by atoms with Gasteiger partial charge in [0.1, 0.15) is 0 Å². The van der Waals surface area contributed by atoms with E-state index in [0.717, 1.165) is 45.4 Å². The fraction of sp³-hybridized carbons (Fsp3) is 0.974. The van der Waals surface area contributed by atoms with E-state index in [4.69, 9.17) is 9.47 Å². The Kier molecular flexibility index (Phi) is 11.7. The molecular formula is C39H75N5O3.